The van der Waals surface area contributed by atoms with E-state index in [1.165, 1.54) is 4.90 Å². The van der Waals surface area contributed by atoms with Gasteiger partial charge in [-0.25, -0.2) is 4.79 Å². The van der Waals surface area contributed by atoms with Crippen LogP contribution in [0.1, 0.15) is 6.92 Å². The molecule has 80 valence electrons. The second kappa shape index (κ2) is 4.95. The van der Waals surface area contributed by atoms with E-state index in [1.807, 2.05) is 7.05 Å². The van der Waals surface area contributed by atoms with E-state index in [-0.39, 0.29) is 6.61 Å². The molecule has 0 bridgehead atoms. The zero-order chi connectivity index (χ0) is 10.6. The van der Waals surface area contributed by atoms with E-state index in [4.69, 9.17) is 0 Å². The summed E-state index contributed by atoms with van der Waals surface area (Å²) in [5.74, 6) is -1.25. The quantitative estimate of drug-likeness (QED) is 0.416. The van der Waals surface area contributed by atoms with Crippen LogP contribution in [0.5, 0.6) is 0 Å². The topological polar surface area (TPSA) is 49.9 Å². The molecule has 0 aromatic carbocycles. The zero-order valence-corrected chi connectivity index (χ0v) is 8.65. The van der Waals surface area contributed by atoms with Crippen molar-refractivity contribution in [2.45, 2.75) is 6.92 Å². The Bertz CT molecular complexity index is 222. The fourth-order valence-corrected chi connectivity index (χ4v) is 1.33. The maximum atomic E-state index is 11.4. The molecule has 14 heavy (non-hydrogen) atoms. The average molecular weight is 200 g/mol. The van der Waals surface area contributed by atoms with Crippen molar-refractivity contribution in [2.75, 3.05) is 39.8 Å². The molecule has 1 amide bonds. The lowest BCUT2D eigenvalue weighted by molar-refractivity contribution is -0.160. The van der Waals surface area contributed by atoms with E-state index in [0.29, 0.717) is 13.1 Å². The third-order valence-electron chi connectivity index (χ3n) is 2.24. The summed E-state index contributed by atoms with van der Waals surface area (Å²) < 4.78 is 4.64. The number of likely N-dealkylation sites (N-methyl/N-ethyl adjacent to an activating group) is 1. The Morgan fingerprint density at radius 2 is 1.79 bits per heavy atom. The summed E-state index contributed by atoms with van der Waals surface area (Å²) in [4.78, 5) is 26.2. The second-order valence-electron chi connectivity index (χ2n) is 3.32. The second-order valence-corrected chi connectivity index (χ2v) is 3.32. The standard InChI is InChI=1S/C9H16N2O3/c1-3-14-9(13)8(12)11-6-4-10(2)5-7-11/h3-7H2,1-2H3. The van der Waals surface area contributed by atoms with Crippen LogP contribution in [0.3, 0.4) is 0 Å². The van der Waals surface area contributed by atoms with Crippen LogP contribution in [0.4, 0.5) is 0 Å². The van der Waals surface area contributed by atoms with E-state index in [0.717, 1.165) is 13.1 Å². The molecular formula is C9H16N2O3. The van der Waals surface area contributed by atoms with Crippen molar-refractivity contribution < 1.29 is 14.3 Å². The zero-order valence-electron chi connectivity index (χ0n) is 8.65. The van der Waals surface area contributed by atoms with E-state index in [2.05, 4.69) is 9.64 Å². The predicted octanol–water partition coefficient (Wildman–Crippen LogP) is -0.676. The monoisotopic (exact) mass is 200 g/mol. The molecule has 5 heteroatoms. The number of esters is 1. The van der Waals surface area contributed by atoms with Gasteiger partial charge in [-0.1, -0.05) is 0 Å². The van der Waals surface area contributed by atoms with Crippen LogP contribution in [0.2, 0.25) is 0 Å². The van der Waals surface area contributed by atoms with Gasteiger partial charge in [0.2, 0.25) is 0 Å². The summed E-state index contributed by atoms with van der Waals surface area (Å²) in [6, 6.07) is 0. The van der Waals surface area contributed by atoms with Gasteiger partial charge in [-0.2, -0.15) is 0 Å². The molecule has 0 aromatic heterocycles. The number of amides is 1. The van der Waals surface area contributed by atoms with Gasteiger partial charge < -0.3 is 14.5 Å². The Hall–Kier alpha value is -1.10. The van der Waals surface area contributed by atoms with Crippen molar-refractivity contribution in [3.05, 3.63) is 0 Å². The molecule has 1 aliphatic heterocycles. The van der Waals surface area contributed by atoms with Gasteiger partial charge in [-0.05, 0) is 14.0 Å². The molecule has 1 rings (SSSR count). The summed E-state index contributed by atoms with van der Waals surface area (Å²) in [7, 11) is 1.99. The summed E-state index contributed by atoms with van der Waals surface area (Å²) in [6.45, 7) is 4.77. The van der Waals surface area contributed by atoms with Gasteiger partial charge in [-0.3, -0.25) is 4.79 Å². The summed E-state index contributed by atoms with van der Waals surface area (Å²) in [5.41, 5.74) is 0. The van der Waals surface area contributed by atoms with Crippen molar-refractivity contribution in [3.63, 3.8) is 0 Å². The minimum absolute atomic E-state index is 0.248. The molecule has 0 aliphatic carbocycles. The number of carbonyl (C=O) groups is 2. The number of carbonyl (C=O) groups excluding carboxylic acids is 2. The highest BCUT2D eigenvalue weighted by Crippen LogP contribution is 2.00. The molecule has 0 aromatic rings. The fourth-order valence-electron chi connectivity index (χ4n) is 1.33. The summed E-state index contributed by atoms with van der Waals surface area (Å²) in [5, 5.41) is 0. The van der Waals surface area contributed by atoms with Gasteiger partial charge in [0, 0.05) is 26.2 Å². The number of nitrogens with zero attached hydrogens (tertiary/aromatic N) is 2. The van der Waals surface area contributed by atoms with Gasteiger partial charge in [0.1, 0.15) is 0 Å². The van der Waals surface area contributed by atoms with Gasteiger partial charge in [0.25, 0.3) is 0 Å². The van der Waals surface area contributed by atoms with Crippen molar-refractivity contribution in [3.8, 4) is 0 Å². The first-order chi connectivity index (χ1) is 6.65. The van der Waals surface area contributed by atoms with Crippen LogP contribution >= 0.6 is 0 Å². The van der Waals surface area contributed by atoms with E-state index < -0.39 is 11.9 Å². The Morgan fingerprint density at radius 3 is 2.29 bits per heavy atom. The van der Waals surface area contributed by atoms with Crippen molar-refractivity contribution in [1.82, 2.24) is 9.80 Å². The number of hydrogen-bond acceptors (Lipinski definition) is 4. The number of hydrogen-bond donors (Lipinski definition) is 0. The van der Waals surface area contributed by atoms with Crippen molar-refractivity contribution in [1.29, 1.82) is 0 Å². The average Bonchev–Trinajstić information content (AvgIpc) is 2.18. The molecule has 0 N–H and O–H groups in total. The molecule has 0 atom stereocenters. The highest BCUT2D eigenvalue weighted by molar-refractivity contribution is 6.32. The van der Waals surface area contributed by atoms with E-state index >= 15 is 0 Å². The first-order valence-corrected chi connectivity index (χ1v) is 4.79. The fraction of sp³-hybridized carbons (Fsp3) is 0.778. The molecule has 1 aliphatic rings. The highest BCUT2D eigenvalue weighted by atomic mass is 16.5. The Balaban J connectivity index is 2.41. The van der Waals surface area contributed by atoms with E-state index in [9.17, 15) is 9.59 Å². The van der Waals surface area contributed by atoms with Gasteiger partial charge in [0.05, 0.1) is 6.61 Å². The van der Waals surface area contributed by atoms with E-state index in [1.54, 1.807) is 6.92 Å². The molecule has 5 nitrogen and oxygen atoms in total. The molecule has 1 heterocycles. The van der Waals surface area contributed by atoms with Gasteiger partial charge in [-0.15, -0.1) is 0 Å². The molecule has 1 saturated heterocycles. The van der Waals surface area contributed by atoms with Crippen LogP contribution in [-0.4, -0.2) is 61.5 Å². The number of rotatable bonds is 1. The third-order valence-corrected chi connectivity index (χ3v) is 2.24. The van der Waals surface area contributed by atoms with Gasteiger partial charge in [0.15, 0.2) is 0 Å². The minimum Gasteiger partial charge on any atom is -0.459 e. The lowest BCUT2D eigenvalue weighted by Gasteiger charge is -2.31. The maximum absolute atomic E-state index is 11.4. The van der Waals surface area contributed by atoms with Crippen LogP contribution in [0.15, 0.2) is 0 Å². The van der Waals surface area contributed by atoms with Crippen LogP contribution in [0, 0.1) is 0 Å². The molecule has 0 spiro atoms. The number of piperazine rings is 1. The molecule has 0 radical (unpaired) electrons. The third kappa shape index (κ3) is 2.70. The van der Waals surface area contributed by atoms with Gasteiger partial charge >= 0.3 is 11.9 Å². The van der Waals surface area contributed by atoms with Crippen molar-refractivity contribution >= 4 is 11.9 Å². The Morgan fingerprint density at radius 1 is 1.21 bits per heavy atom. The van der Waals surface area contributed by atoms with Crippen LogP contribution in [-0.2, 0) is 14.3 Å². The van der Waals surface area contributed by atoms with Crippen molar-refractivity contribution in [2.24, 2.45) is 0 Å². The summed E-state index contributed by atoms with van der Waals surface area (Å²) >= 11 is 0. The van der Waals surface area contributed by atoms with Crippen LogP contribution in [0.25, 0.3) is 0 Å². The minimum atomic E-state index is -0.739. The smallest absolute Gasteiger partial charge is 0.397 e. The number of ether oxygens (including phenoxy) is 1. The molecular weight excluding hydrogens is 184 g/mol. The molecule has 0 saturated carbocycles. The normalized spacial score (nSPS) is 18.0. The SMILES string of the molecule is CCOC(=O)C(=O)N1CCN(C)CC1. The molecule has 0 unspecified atom stereocenters. The first kappa shape index (κ1) is 11.0. The maximum Gasteiger partial charge on any atom is 0.397 e. The predicted molar refractivity (Wildman–Crippen MR) is 50.7 cm³/mol. The Labute approximate surface area is 83.6 Å². The first-order valence-electron chi connectivity index (χ1n) is 4.79. The largest absolute Gasteiger partial charge is 0.459 e. The Kier molecular flexibility index (Phi) is 3.88. The molecule has 1 fully saturated rings. The lowest BCUT2D eigenvalue weighted by atomic mass is 10.3. The lowest BCUT2D eigenvalue weighted by Crippen LogP contribution is -2.49. The van der Waals surface area contributed by atoms with Crippen LogP contribution < -0.4 is 0 Å². The highest BCUT2D eigenvalue weighted by Gasteiger charge is 2.25. The summed E-state index contributed by atoms with van der Waals surface area (Å²) in [6.07, 6.45) is 0.